The maximum Gasteiger partial charge on any atom is 0.338 e. The van der Waals surface area contributed by atoms with Crippen molar-refractivity contribution >= 4 is 17.3 Å². The van der Waals surface area contributed by atoms with Crippen LogP contribution < -0.4 is 10.6 Å². The van der Waals surface area contributed by atoms with E-state index in [0.29, 0.717) is 5.56 Å². The molecular formula is C24H24N2O2. The molecule has 1 aliphatic rings. The van der Waals surface area contributed by atoms with Crippen LogP contribution in [-0.4, -0.2) is 25.2 Å². The molecule has 1 unspecified atom stereocenters. The first-order chi connectivity index (χ1) is 13.7. The van der Waals surface area contributed by atoms with Crippen molar-refractivity contribution < 1.29 is 9.53 Å². The highest BCUT2D eigenvalue weighted by atomic mass is 16.5. The Labute approximate surface area is 165 Å². The van der Waals surface area contributed by atoms with Gasteiger partial charge in [0, 0.05) is 17.9 Å². The molecule has 0 saturated carbocycles. The topological polar surface area (TPSA) is 55.6 Å². The summed E-state index contributed by atoms with van der Waals surface area (Å²) in [6.07, 6.45) is 1.83. The summed E-state index contributed by atoms with van der Waals surface area (Å²) in [4.78, 5) is 14.9. The van der Waals surface area contributed by atoms with Gasteiger partial charge in [-0.25, -0.2) is 4.79 Å². The van der Waals surface area contributed by atoms with E-state index in [1.807, 2.05) is 66.7 Å². The summed E-state index contributed by atoms with van der Waals surface area (Å²) in [7, 11) is 0. The van der Waals surface area contributed by atoms with Gasteiger partial charge >= 0.3 is 5.97 Å². The lowest BCUT2D eigenvalue weighted by Gasteiger charge is -2.34. The fourth-order valence-electron chi connectivity index (χ4n) is 3.64. The Morgan fingerprint density at radius 2 is 1.71 bits per heavy atom. The molecule has 0 amide bonds. The van der Waals surface area contributed by atoms with Crippen molar-refractivity contribution in [1.82, 2.24) is 0 Å². The number of anilines is 2. The zero-order valence-electron chi connectivity index (χ0n) is 15.8. The first kappa shape index (κ1) is 18.1. The second kappa shape index (κ2) is 8.17. The molecule has 4 heteroatoms. The van der Waals surface area contributed by atoms with Crippen LogP contribution in [0.1, 0.15) is 23.2 Å². The summed E-state index contributed by atoms with van der Waals surface area (Å²) in [6, 6.07) is 25.5. The number of hydrogen-bond acceptors (Lipinski definition) is 4. The minimum Gasteiger partial charge on any atom is -0.457 e. The van der Waals surface area contributed by atoms with Crippen LogP contribution in [0.3, 0.4) is 0 Å². The zero-order valence-corrected chi connectivity index (χ0v) is 15.8. The Bertz CT molecular complexity index is 938. The standard InChI is InChI=1S/C24H24N2O2/c25-21-7-4-6-20(16-21)18-11-13-19(14-12-18)24(27)28-23-10-5-15-26(17-23)22-8-2-1-3-9-22/h1-4,6-9,11-14,16,23H,5,10,15,17,25H2. The molecule has 28 heavy (non-hydrogen) atoms. The van der Waals surface area contributed by atoms with Gasteiger partial charge in [0.25, 0.3) is 0 Å². The van der Waals surface area contributed by atoms with E-state index < -0.39 is 0 Å². The van der Waals surface area contributed by atoms with E-state index in [2.05, 4.69) is 17.0 Å². The number of hydrogen-bond donors (Lipinski definition) is 1. The highest BCUT2D eigenvalue weighted by molar-refractivity contribution is 5.90. The number of rotatable bonds is 4. The number of carbonyl (C=O) groups is 1. The van der Waals surface area contributed by atoms with Crippen LogP contribution >= 0.6 is 0 Å². The SMILES string of the molecule is Nc1cccc(-c2ccc(C(=O)OC3CCCN(c4ccccc4)C3)cc2)c1. The van der Waals surface area contributed by atoms with E-state index in [9.17, 15) is 4.79 Å². The second-order valence-corrected chi connectivity index (χ2v) is 7.15. The maximum atomic E-state index is 12.6. The normalized spacial score (nSPS) is 16.6. The third-order valence-corrected chi connectivity index (χ3v) is 5.11. The van der Waals surface area contributed by atoms with Crippen LogP contribution in [0.25, 0.3) is 11.1 Å². The van der Waals surface area contributed by atoms with Gasteiger partial charge in [-0.15, -0.1) is 0 Å². The maximum absolute atomic E-state index is 12.6. The Kier molecular flexibility index (Phi) is 5.29. The summed E-state index contributed by atoms with van der Waals surface area (Å²) < 4.78 is 5.79. The van der Waals surface area contributed by atoms with Gasteiger partial charge in [0.05, 0.1) is 12.1 Å². The van der Waals surface area contributed by atoms with Crippen molar-refractivity contribution in [3.8, 4) is 11.1 Å². The monoisotopic (exact) mass is 372 g/mol. The molecular weight excluding hydrogens is 348 g/mol. The molecule has 4 rings (SSSR count). The number of carbonyl (C=O) groups excluding carboxylic acids is 1. The summed E-state index contributed by atoms with van der Waals surface area (Å²) in [5.41, 5.74) is 10.4. The molecule has 1 saturated heterocycles. The van der Waals surface area contributed by atoms with Crippen molar-refractivity contribution in [2.75, 3.05) is 23.7 Å². The number of esters is 1. The summed E-state index contributed by atoms with van der Waals surface area (Å²) in [5, 5.41) is 0. The first-order valence-electron chi connectivity index (χ1n) is 9.66. The number of benzene rings is 3. The van der Waals surface area contributed by atoms with Crippen molar-refractivity contribution in [1.29, 1.82) is 0 Å². The van der Waals surface area contributed by atoms with Crippen LogP contribution in [0.15, 0.2) is 78.9 Å². The molecule has 3 aromatic carbocycles. The van der Waals surface area contributed by atoms with E-state index in [4.69, 9.17) is 10.5 Å². The molecule has 1 heterocycles. The van der Waals surface area contributed by atoms with Crippen LogP contribution in [0.5, 0.6) is 0 Å². The quantitative estimate of drug-likeness (QED) is 0.530. The van der Waals surface area contributed by atoms with E-state index in [0.717, 1.165) is 42.7 Å². The average molecular weight is 372 g/mol. The lowest BCUT2D eigenvalue weighted by molar-refractivity contribution is 0.0270. The fraction of sp³-hybridized carbons (Fsp3) is 0.208. The van der Waals surface area contributed by atoms with Crippen molar-refractivity contribution in [2.45, 2.75) is 18.9 Å². The van der Waals surface area contributed by atoms with E-state index in [1.54, 1.807) is 0 Å². The molecule has 1 fully saturated rings. The van der Waals surface area contributed by atoms with Gasteiger partial charge in [-0.3, -0.25) is 0 Å². The number of piperidine rings is 1. The minimum atomic E-state index is -0.265. The lowest BCUT2D eigenvalue weighted by atomic mass is 10.0. The predicted octanol–water partition coefficient (Wildman–Crippen LogP) is 4.76. The van der Waals surface area contributed by atoms with Gasteiger partial charge in [-0.05, 0) is 60.4 Å². The number of nitrogens with two attached hydrogens (primary N) is 1. The Morgan fingerprint density at radius 1 is 0.929 bits per heavy atom. The minimum absolute atomic E-state index is 0.0879. The highest BCUT2D eigenvalue weighted by Gasteiger charge is 2.23. The van der Waals surface area contributed by atoms with Gasteiger partial charge in [-0.1, -0.05) is 42.5 Å². The van der Waals surface area contributed by atoms with Crippen LogP contribution in [-0.2, 0) is 4.74 Å². The van der Waals surface area contributed by atoms with E-state index in [-0.39, 0.29) is 12.1 Å². The zero-order chi connectivity index (χ0) is 19.3. The molecule has 3 aromatic rings. The van der Waals surface area contributed by atoms with Crippen molar-refractivity contribution in [2.24, 2.45) is 0 Å². The average Bonchev–Trinajstić information content (AvgIpc) is 2.75. The Hall–Kier alpha value is -3.27. The first-order valence-corrected chi connectivity index (χ1v) is 9.66. The van der Waals surface area contributed by atoms with Gasteiger partial charge in [0.15, 0.2) is 0 Å². The van der Waals surface area contributed by atoms with Crippen molar-refractivity contribution in [3.63, 3.8) is 0 Å². The molecule has 4 nitrogen and oxygen atoms in total. The molecule has 0 radical (unpaired) electrons. The summed E-state index contributed by atoms with van der Waals surface area (Å²) in [6.45, 7) is 1.73. The smallest absolute Gasteiger partial charge is 0.338 e. The molecule has 0 aliphatic carbocycles. The molecule has 1 aliphatic heterocycles. The molecule has 0 spiro atoms. The number of para-hydroxylation sites is 1. The molecule has 2 N–H and O–H groups in total. The molecule has 0 aromatic heterocycles. The third-order valence-electron chi connectivity index (χ3n) is 5.11. The number of nitrogens with zero attached hydrogens (tertiary/aromatic N) is 1. The molecule has 0 bridgehead atoms. The Morgan fingerprint density at radius 3 is 2.46 bits per heavy atom. The van der Waals surface area contributed by atoms with Crippen LogP contribution in [0, 0.1) is 0 Å². The van der Waals surface area contributed by atoms with Crippen molar-refractivity contribution in [3.05, 3.63) is 84.4 Å². The number of nitrogen functional groups attached to an aromatic ring is 1. The second-order valence-electron chi connectivity index (χ2n) is 7.15. The van der Waals surface area contributed by atoms with Gasteiger partial charge in [0.2, 0.25) is 0 Å². The third kappa shape index (κ3) is 4.17. The largest absolute Gasteiger partial charge is 0.457 e. The fourth-order valence-corrected chi connectivity index (χ4v) is 3.64. The summed E-state index contributed by atoms with van der Waals surface area (Å²) in [5.74, 6) is -0.265. The van der Waals surface area contributed by atoms with Gasteiger partial charge in [-0.2, -0.15) is 0 Å². The predicted molar refractivity (Wildman–Crippen MR) is 113 cm³/mol. The van der Waals surface area contributed by atoms with Crippen LogP contribution in [0.4, 0.5) is 11.4 Å². The van der Waals surface area contributed by atoms with Crippen LogP contribution in [0.2, 0.25) is 0 Å². The Balaban J connectivity index is 1.40. The van der Waals surface area contributed by atoms with Gasteiger partial charge in [0.1, 0.15) is 6.10 Å². The van der Waals surface area contributed by atoms with E-state index in [1.165, 1.54) is 5.69 Å². The lowest BCUT2D eigenvalue weighted by Crippen LogP contribution is -2.40. The van der Waals surface area contributed by atoms with Gasteiger partial charge < -0.3 is 15.4 Å². The summed E-state index contributed by atoms with van der Waals surface area (Å²) >= 11 is 0. The number of ether oxygens (including phenoxy) is 1. The van der Waals surface area contributed by atoms with E-state index >= 15 is 0 Å². The highest BCUT2D eigenvalue weighted by Crippen LogP contribution is 2.24. The molecule has 142 valence electrons. The molecule has 1 atom stereocenters.